The summed E-state index contributed by atoms with van der Waals surface area (Å²) >= 11 is 11.9. The second-order valence-corrected chi connectivity index (χ2v) is 8.06. The lowest BCUT2D eigenvalue weighted by Gasteiger charge is -2.09. The molecule has 1 saturated carbocycles. The molecule has 5 nitrogen and oxygen atoms in total. The molecule has 126 valence electrons. The van der Waals surface area contributed by atoms with Gasteiger partial charge in [0.1, 0.15) is 0 Å². The summed E-state index contributed by atoms with van der Waals surface area (Å²) in [7, 11) is -3.53. The highest BCUT2D eigenvalue weighted by Gasteiger charge is 2.27. The number of amides is 1. The van der Waals surface area contributed by atoms with Crippen LogP contribution in [0, 0.1) is 0 Å². The third kappa shape index (κ3) is 4.08. The van der Waals surface area contributed by atoms with Crippen molar-refractivity contribution in [1.29, 1.82) is 0 Å². The largest absolute Gasteiger partial charge is 0.321 e. The predicted octanol–water partition coefficient (Wildman–Crippen LogP) is 3.69. The number of nitrogens with one attached hydrogen (secondary N) is 2. The summed E-state index contributed by atoms with van der Waals surface area (Å²) in [6, 6.07) is 10.5. The monoisotopic (exact) mass is 384 g/mol. The zero-order valence-corrected chi connectivity index (χ0v) is 14.8. The van der Waals surface area contributed by atoms with Crippen LogP contribution in [0.2, 0.25) is 10.0 Å². The lowest BCUT2D eigenvalue weighted by atomic mass is 10.2. The minimum Gasteiger partial charge on any atom is -0.321 e. The van der Waals surface area contributed by atoms with Crippen LogP contribution in [0.25, 0.3) is 0 Å². The first-order valence-corrected chi connectivity index (χ1v) is 9.48. The highest BCUT2D eigenvalue weighted by Crippen LogP contribution is 2.26. The molecular weight excluding hydrogens is 371 g/mol. The van der Waals surface area contributed by atoms with E-state index in [1.807, 2.05) is 0 Å². The number of carbonyl (C=O) groups is 1. The minimum absolute atomic E-state index is 0.0305. The average molecular weight is 385 g/mol. The number of anilines is 1. The summed E-state index contributed by atoms with van der Waals surface area (Å²) in [6.45, 7) is 0. The Hall–Kier alpha value is -1.60. The molecule has 0 bridgehead atoms. The van der Waals surface area contributed by atoms with Gasteiger partial charge in [-0.15, -0.1) is 0 Å². The molecule has 2 aromatic rings. The Morgan fingerprint density at radius 3 is 2.33 bits per heavy atom. The van der Waals surface area contributed by atoms with E-state index in [2.05, 4.69) is 10.0 Å². The Balaban J connectivity index is 1.75. The SMILES string of the molecule is O=C(Nc1cc(Cl)ccc1Cl)c1ccc(S(=O)(=O)NC2CC2)cc1. The molecule has 0 radical (unpaired) electrons. The van der Waals surface area contributed by atoms with Gasteiger partial charge in [0, 0.05) is 16.6 Å². The van der Waals surface area contributed by atoms with Crippen molar-refractivity contribution in [2.75, 3.05) is 5.32 Å². The summed E-state index contributed by atoms with van der Waals surface area (Å²) in [6.07, 6.45) is 1.72. The van der Waals surface area contributed by atoms with Crippen LogP contribution in [0.3, 0.4) is 0 Å². The van der Waals surface area contributed by atoms with E-state index in [9.17, 15) is 13.2 Å². The molecule has 8 heteroatoms. The maximum absolute atomic E-state index is 12.2. The van der Waals surface area contributed by atoms with Gasteiger partial charge in [0.25, 0.3) is 5.91 Å². The van der Waals surface area contributed by atoms with E-state index in [-0.39, 0.29) is 10.9 Å². The molecule has 0 saturated heterocycles. The first-order valence-electron chi connectivity index (χ1n) is 7.24. The molecule has 1 fully saturated rings. The average Bonchev–Trinajstić information content (AvgIpc) is 3.34. The zero-order valence-electron chi connectivity index (χ0n) is 12.4. The molecule has 2 aromatic carbocycles. The van der Waals surface area contributed by atoms with Crippen LogP contribution in [0.4, 0.5) is 5.69 Å². The molecule has 0 heterocycles. The predicted molar refractivity (Wildman–Crippen MR) is 94.2 cm³/mol. The number of hydrogen-bond acceptors (Lipinski definition) is 3. The molecule has 0 aliphatic heterocycles. The molecule has 0 aromatic heterocycles. The van der Waals surface area contributed by atoms with Crippen LogP contribution < -0.4 is 10.0 Å². The third-order valence-corrected chi connectivity index (χ3v) is 5.60. The quantitative estimate of drug-likeness (QED) is 0.825. The molecule has 0 spiro atoms. The van der Waals surface area contributed by atoms with E-state index >= 15 is 0 Å². The van der Waals surface area contributed by atoms with Crippen LogP contribution in [0.5, 0.6) is 0 Å². The highest BCUT2D eigenvalue weighted by molar-refractivity contribution is 7.89. The number of halogens is 2. The molecule has 0 unspecified atom stereocenters. The maximum atomic E-state index is 12.2. The fourth-order valence-electron chi connectivity index (χ4n) is 2.06. The number of benzene rings is 2. The van der Waals surface area contributed by atoms with Gasteiger partial charge < -0.3 is 5.32 Å². The Labute approximate surface area is 150 Å². The molecule has 24 heavy (non-hydrogen) atoms. The summed E-state index contributed by atoms with van der Waals surface area (Å²) in [5, 5.41) is 3.46. The first kappa shape index (κ1) is 17.2. The van der Waals surface area contributed by atoms with E-state index in [1.165, 1.54) is 24.3 Å². The van der Waals surface area contributed by atoms with Crippen molar-refractivity contribution in [3.8, 4) is 0 Å². The van der Waals surface area contributed by atoms with E-state index in [4.69, 9.17) is 23.2 Å². The number of hydrogen-bond donors (Lipinski definition) is 2. The van der Waals surface area contributed by atoms with Crippen LogP contribution in [-0.4, -0.2) is 20.4 Å². The Bertz CT molecular complexity index is 879. The van der Waals surface area contributed by atoms with E-state index in [0.29, 0.717) is 21.3 Å². The van der Waals surface area contributed by atoms with Gasteiger partial charge in [0.2, 0.25) is 10.0 Å². The van der Waals surface area contributed by atoms with Crippen molar-refractivity contribution >= 4 is 44.8 Å². The van der Waals surface area contributed by atoms with E-state index in [0.717, 1.165) is 12.8 Å². The molecular formula is C16H14Cl2N2O3S. The van der Waals surface area contributed by atoms with Gasteiger partial charge in [-0.05, 0) is 55.3 Å². The van der Waals surface area contributed by atoms with Crippen LogP contribution >= 0.6 is 23.2 Å². The molecule has 1 aliphatic carbocycles. The zero-order chi connectivity index (χ0) is 17.3. The topological polar surface area (TPSA) is 75.3 Å². The van der Waals surface area contributed by atoms with Crippen LogP contribution in [0.15, 0.2) is 47.4 Å². The van der Waals surface area contributed by atoms with Gasteiger partial charge in [0.05, 0.1) is 15.6 Å². The van der Waals surface area contributed by atoms with Crippen molar-refractivity contribution in [2.24, 2.45) is 0 Å². The van der Waals surface area contributed by atoms with E-state index < -0.39 is 15.9 Å². The van der Waals surface area contributed by atoms with Crippen LogP contribution in [0.1, 0.15) is 23.2 Å². The second kappa shape index (κ2) is 6.72. The summed E-state index contributed by atoms with van der Waals surface area (Å²) in [4.78, 5) is 12.4. The third-order valence-electron chi connectivity index (χ3n) is 3.50. The second-order valence-electron chi connectivity index (χ2n) is 5.50. The van der Waals surface area contributed by atoms with Crippen LogP contribution in [-0.2, 0) is 10.0 Å². The van der Waals surface area contributed by atoms with E-state index in [1.54, 1.807) is 18.2 Å². The van der Waals surface area contributed by atoms with Crippen molar-refractivity contribution < 1.29 is 13.2 Å². The van der Waals surface area contributed by atoms with Crippen molar-refractivity contribution in [2.45, 2.75) is 23.8 Å². The standard InChI is InChI=1S/C16H14Cl2N2O3S/c17-11-3-8-14(18)15(9-11)19-16(21)10-1-6-13(7-2-10)24(22,23)20-12-4-5-12/h1-3,6-9,12,20H,4-5H2,(H,19,21). The Morgan fingerprint density at radius 1 is 1.04 bits per heavy atom. The van der Waals surface area contributed by atoms with Gasteiger partial charge in [-0.2, -0.15) is 0 Å². The highest BCUT2D eigenvalue weighted by atomic mass is 35.5. The van der Waals surface area contributed by atoms with Gasteiger partial charge >= 0.3 is 0 Å². The fourth-order valence-corrected chi connectivity index (χ4v) is 3.70. The minimum atomic E-state index is -3.53. The number of carbonyl (C=O) groups excluding carboxylic acids is 1. The van der Waals surface area contributed by atoms with Crippen molar-refractivity contribution in [3.63, 3.8) is 0 Å². The summed E-state index contributed by atoms with van der Waals surface area (Å²) in [5.74, 6) is -0.404. The molecule has 1 amide bonds. The first-order chi connectivity index (χ1) is 11.3. The van der Waals surface area contributed by atoms with Gasteiger partial charge in [-0.1, -0.05) is 23.2 Å². The molecule has 2 N–H and O–H groups in total. The van der Waals surface area contributed by atoms with Crippen molar-refractivity contribution in [3.05, 3.63) is 58.1 Å². The number of rotatable bonds is 5. The van der Waals surface area contributed by atoms with Gasteiger partial charge in [-0.3, -0.25) is 4.79 Å². The molecule has 1 aliphatic rings. The summed E-state index contributed by atoms with van der Waals surface area (Å²) < 4.78 is 26.8. The fraction of sp³-hybridized carbons (Fsp3) is 0.188. The van der Waals surface area contributed by atoms with Gasteiger partial charge in [0.15, 0.2) is 0 Å². The molecule has 3 rings (SSSR count). The Kier molecular flexibility index (Phi) is 4.83. The maximum Gasteiger partial charge on any atom is 0.255 e. The van der Waals surface area contributed by atoms with Crippen molar-refractivity contribution in [1.82, 2.24) is 4.72 Å². The summed E-state index contributed by atoms with van der Waals surface area (Å²) in [5.41, 5.74) is 0.706. The molecule has 0 atom stereocenters. The number of sulfonamides is 1. The Morgan fingerprint density at radius 2 is 1.71 bits per heavy atom. The lowest BCUT2D eigenvalue weighted by Crippen LogP contribution is -2.25. The normalized spacial score (nSPS) is 14.4. The van der Waals surface area contributed by atoms with Gasteiger partial charge in [-0.25, -0.2) is 13.1 Å². The lowest BCUT2D eigenvalue weighted by molar-refractivity contribution is 0.102. The smallest absolute Gasteiger partial charge is 0.255 e.